The second-order valence-electron chi connectivity index (χ2n) is 6.82. The van der Waals surface area contributed by atoms with E-state index in [9.17, 15) is 4.79 Å². The first-order chi connectivity index (χ1) is 12.2. The molecular weight excluding hydrogens is 310 g/mol. The number of rotatable bonds is 5. The van der Waals surface area contributed by atoms with Gasteiger partial charge in [-0.1, -0.05) is 36.4 Å². The molecule has 25 heavy (non-hydrogen) atoms. The minimum absolute atomic E-state index is 0.204. The average molecular weight is 333 g/mol. The van der Waals surface area contributed by atoms with Crippen LogP contribution in [0.3, 0.4) is 0 Å². The lowest BCUT2D eigenvalue weighted by molar-refractivity contribution is 0.0946. The smallest absolute Gasteiger partial charge is 0.179 e. The molecule has 0 radical (unpaired) electrons. The van der Waals surface area contributed by atoms with Crippen LogP contribution in [0.5, 0.6) is 0 Å². The highest BCUT2D eigenvalue weighted by Gasteiger charge is 2.25. The lowest BCUT2D eigenvalue weighted by Crippen LogP contribution is -2.30. The number of ketones is 1. The predicted octanol–water partition coefficient (Wildman–Crippen LogP) is 3.85. The summed E-state index contributed by atoms with van der Waals surface area (Å²) in [5, 5.41) is 4.59. The lowest BCUT2D eigenvalue weighted by atomic mass is 10.1. The molecule has 0 saturated carbocycles. The van der Waals surface area contributed by atoms with Crippen molar-refractivity contribution < 1.29 is 4.79 Å². The van der Waals surface area contributed by atoms with Gasteiger partial charge in [0.25, 0.3) is 0 Å². The topological polar surface area (TPSA) is 48.1 Å². The lowest BCUT2D eigenvalue weighted by Gasteiger charge is -2.17. The van der Waals surface area contributed by atoms with Gasteiger partial charge < -0.3 is 10.3 Å². The van der Waals surface area contributed by atoms with E-state index in [1.165, 1.54) is 0 Å². The number of anilines is 1. The van der Waals surface area contributed by atoms with E-state index in [1.54, 1.807) is 0 Å². The standard InChI is InChI=1S/C21H23N3O/c1-15-21(18-9-5-6-10-19(18)22-15)20(25)14-24-12-11-17(13-24)23-16-7-3-2-4-8-16/h2-10,17,22-23H,11-14H2,1H3. The summed E-state index contributed by atoms with van der Waals surface area (Å²) in [6.45, 7) is 4.33. The molecule has 0 bridgehead atoms. The van der Waals surface area contributed by atoms with Crippen molar-refractivity contribution in [2.24, 2.45) is 0 Å². The molecular formula is C21H23N3O. The molecule has 128 valence electrons. The summed E-state index contributed by atoms with van der Waals surface area (Å²) in [6.07, 6.45) is 1.06. The summed E-state index contributed by atoms with van der Waals surface area (Å²) < 4.78 is 0. The maximum atomic E-state index is 12.9. The number of aromatic nitrogens is 1. The fourth-order valence-corrected chi connectivity index (χ4v) is 3.78. The number of carbonyl (C=O) groups is 1. The average Bonchev–Trinajstić information content (AvgIpc) is 3.18. The highest BCUT2D eigenvalue weighted by atomic mass is 16.1. The molecule has 1 saturated heterocycles. The summed E-state index contributed by atoms with van der Waals surface area (Å²) in [5.74, 6) is 0.204. The molecule has 1 aliphatic heterocycles. The number of benzene rings is 2. The molecule has 4 heteroatoms. The Bertz CT molecular complexity index is 885. The van der Waals surface area contributed by atoms with Crippen LogP contribution >= 0.6 is 0 Å². The molecule has 1 aliphatic rings. The van der Waals surface area contributed by atoms with Gasteiger partial charge in [0.2, 0.25) is 0 Å². The van der Waals surface area contributed by atoms with Crippen molar-refractivity contribution in [2.45, 2.75) is 19.4 Å². The Balaban J connectivity index is 1.42. The van der Waals surface area contributed by atoms with Crippen LogP contribution in [0.2, 0.25) is 0 Å². The Morgan fingerprint density at radius 2 is 1.92 bits per heavy atom. The van der Waals surface area contributed by atoms with Crippen molar-refractivity contribution >= 4 is 22.4 Å². The van der Waals surface area contributed by atoms with Gasteiger partial charge in [0.15, 0.2) is 5.78 Å². The van der Waals surface area contributed by atoms with Crippen LogP contribution in [0.4, 0.5) is 5.69 Å². The van der Waals surface area contributed by atoms with Gasteiger partial charge in [-0.3, -0.25) is 9.69 Å². The Morgan fingerprint density at radius 3 is 2.76 bits per heavy atom. The third-order valence-corrected chi connectivity index (χ3v) is 4.96. The number of aromatic amines is 1. The molecule has 2 aromatic carbocycles. The van der Waals surface area contributed by atoms with Gasteiger partial charge >= 0.3 is 0 Å². The van der Waals surface area contributed by atoms with Crippen molar-refractivity contribution in [3.63, 3.8) is 0 Å². The molecule has 1 fully saturated rings. The molecule has 2 heterocycles. The number of hydrogen-bond acceptors (Lipinski definition) is 3. The summed E-state index contributed by atoms with van der Waals surface area (Å²) in [4.78, 5) is 18.5. The van der Waals surface area contributed by atoms with Crippen LogP contribution in [-0.4, -0.2) is 41.3 Å². The van der Waals surface area contributed by atoms with Crippen LogP contribution in [0, 0.1) is 6.92 Å². The number of likely N-dealkylation sites (tertiary alicyclic amines) is 1. The van der Waals surface area contributed by atoms with Crippen molar-refractivity contribution in [3.8, 4) is 0 Å². The first kappa shape index (κ1) is 15.9. The number of H-pyrrole nitrogens is 1. The van der Waals surface area contributed by atoms with Gasteiger partial charge in [-0.15, -0.1) is 0 Å². The Morgan fingerprint density at radius 1 is 1.16 bits per heavy atom. The Kier molecular flexibility index (Phi) is 4.28. The zero-order valence-corrected chi connectivity index (χ0v) is 14.5. The van der Waals surface area contributed by atoms with Crippen LogP contribution in [0.25, 0.3) is 10.9 Å². The second-order valence-corrected chi connectivity index (χ2v) is 6.82. The number of para-hydroxylation sites is 2. The maximum absolute atomic E-state index is 12.9. The zero-order valence-electron chi connectivity index (χ0n) is 14.5. The molecule has 0 amide bonds. The largest absolute Gasteiger partial charge is 0.381 e. The molecule has 4 rings (SSSR count). The number of nitrogens with zero attached hydrogens (tertiary/aromatic N) is 1. The zero-order chi connectivity index (χ0) is 17.2. The van der Waals surface area contributed by atoms with Crippen molar-refractivity contribution in [1.29, 1.82) is 0 Å². The molecule has 2 N–H and O–H groups in total. The number of aryl methyl sites for hydroxylation is 1. The first-order valence-electron chi connectivity index (χ1n) is 8.85. The van der Waals surface area contributed by atoms with E-state index in [-0.39, 0.29) is 5.78 Å². The summed E-state index contributed by atoms with van der Waals surface area (Å²) in [6, 6.07) is 18.7. The quantitative estimate of drug-likeness (QED) is 0.697. The Labute approximate surface area is 147 Å². The molecule has 0 spiro atoms. The molecule has 4 nitrogen and oxygen atoms in total. The highest BCUT2D eigenvalue weighted by molar-refractivity contribution is 6.10. The summed E-state index contributed by atoms with van der Waals surface area (Å²) in [7, 11) is 0. The van der Waals surface area contributed by atoms with Crippen LogP contribution in [0.1, 0.15) is 22.5 Å². The molecule has 1 aromatic heterocycles. The fourth-order valence-electron chi connectivity index (χ4n) is 3.78. The number of carbonyl (C=O) groups excluding carboxylic acids is 1. The van der Waals surface area contributed by atoms with E-state index in [2.05, 4.69) is 27.3 Å². The molecule has 3 aromatic rings. The normalized spacial score (nSPS) is 17.9. The molecule has 1 atom stereocenters. The fraction of sp³-hybridized carbons (Fsp3) is 0.286. The number of fused-ring (bicyclic) bond motifs is 1. The molecule has 1 unspecified atom stereocenters. The van der Waals surface area contributed by atoms with Gasteiger partial charge in [0.05, 0.1) is 6.54 Å². The minimum Gasteiger partial charge on any atom is -0.381 e. The van der Waals surface area contributed by atoms with Gasteiger partial charge in [0.1, 0.15) is 0 Å². The number of Topliss-reactive ketones (excluding diaryl/α,β-unsaturated/α-hetero) is 1. The number of nitrogens with one attached hydrogen (secondary N) is 2. The van der Waals surface area contributed by atoms with E-state index in [0.29, 0.717) is 12.6 Å². The van der Waals surface area contributed by atoms with Crippen LogP contribution < -0.4 is 5.32 Å². The van der Waals surface area contributed by atoms with E-state index in [4.69, 9.17) is 0 Å². The van der Waals surface area contributed by atoms with E-state index in [0.717, 1.165) is 47.4 Å². The summed E-state index contributed by atoms with van der Waals surface area (Å²) >= 11 is 0. The van der Waals surface area contributed by atoms with Crippen molar-refractivity contribution in [1.82, 2.24) is 9.88 Å². The van der Waals surface area contributed by atoms with E-state index in [1.807, 2.05) is 49.4 Å². The van der Waals surface area contributed by atoms with Gasteiger partial charge in [0, 0.05) is 47.0 Å². The van der Waals surface area contributed by atoms with E-state index < -0.39 is 0 Å². The monoisotopic (exact) mass is 333 g/mol. The third-order valence-electron chi connectivity index (χ3n) is 4.96. The third kappa shape index (κ3) is 3.30. The maximum Gasteiger partial charge on any atom is 0.179 e. The minimum atomic E-state index is 0.204. The van der Waals surface area contributed by atoms with Crippen molar-refractivity contribution in [2.75, 3.05) is 25.0 Å². The SMILES string of the molecule is Cc1[nH]c2ccccc2c1C(=O)CN1CCC(Nc2ccccc2)C1. The molecule has 0 aliphatic carbocycles. The number of hydrogen-bond donors (Lipinski definition) is 2. The van der Waals surface area contributed by atoms with E-state index >= 15 is 0 Å². The second kappa shape index (κ2) is 6.73. The van der Waals surface area contributed by atoms with Gasteiger partial charge in [-0.25, -0.2) is 0 Å². The predicted molar refractivity (Wildman–Crippen MR) is 102 cm³/mol. The first-order valence-corrected chi connectivity index (χ1v) is 8.85. The Hall–Kier alpha value is -2.59. The summed E-state index contributed by atoms with van der Waals surface area (Å²) in [5.41, 5.74) is 3.99. The van der Waals surface area contributed by atoms with Crippen LogP contribution in [-0.2, 0) is 0 Å². The van der Waals surface area contributed by atoms with Crippen molar-refractivity contribution in [3.05, 3.63) is 65.9 Å². The van der Waals surface area contributed by atoms with Crippen LogP contribution in [0.15, 0.2) is 54.6 Å². The highest BCUT2D eigenvalue weighted by Crippen LogP contribution is 2.23. The van der Waals surface area contributed by atoms with Gasteiger partial charge in [-0.05, 0) is 31.5 Å². The van der Waals surface area contributed by atoms with Gasteiger partial charge in [-0.2, -0.15) is 0 Å².